The summed E-state index contributed by atoms with van der Waals surface area (Å²) in [7, 11) is 0. The summed E-state index contributed by atoms with van der Waals surface area (Å²) in [6.07, 6.45) is 4.11. The van der Waals surface area contributed by atoms with Gasteiger partial charge in [0.05, 0.1) is 24.6 Å². The van der Waals surface area contributed by atoms with Crippen LogP contribution in [0.1, 0.15) is 30.1 Å². The van der Waals surface area contributed by atoms with Crippen LogP contribution in [0.4, 0.5) is 5.69 Å². The first-order valence-corrected chi connectivity index (χ1v) is 7.33. The highest BCUT2D eigenvalue weighted by atomic mass is 16.5. The van der Waals surface area contributed by atoms with Gasteiger partial charge in [0.2, 0.25) is 0 Å². The summed E-state index contributed by atoms with van der Waals surface area (Å²) >= 11 is 0. The predicted octanol–water partition coefficient (Wildman–Crippen LogP) is 2.43. The lowest BCUT2D eigenvalue weighted by atomic mass is 10.1. The number of amides is 1. The monoisotopic (exact) mass is 298 g/mol. The minimum atomic E-state index is -0.475. The molecule has 114 valence electrons. The fourth-order valence-corrected chi connectivity index (χ4v) is 2.63. The van der Waals surface area contributed by atoms with Crippen molar-refractivity contribution in [1.82, 2.24) is 4.98 Å². The predicted molar refractivity (Wildman–Crippen MR) is 82.1 cm³/mol. The van der Waals surface area contributed by atoms with Gasteiger partial charge >= 0.3 is 0 Å². The van der Waals surface area contributed by atoms with E-state index in [0.717, 1.165) is 12.0 Å². The molecule has 3 rings (SSSR count). The molecule has 1 fully saturated rings. The van der Waals surface area contributed by atoms with Crippen LogP contribution in [0.15, 0.2) is 48.8 Å². The number of carbonyl (C=O) groups is 1. The van der Waals surface area contributed by atoms with Crippen molar-refractivity contribution in [2.45, 2.75) is 31.7 Å². The summed E-state index contributed by atoms with van der Waals surface area (Å²) in [6.45, 7) is -0.143. The van der Waals surface area contributed by atoms with Crippen molar-refractivity contribution < 1.29 is 14.6 Å². The summed E-state index contributed by atoms with van der Waals surface area (Å²) < 4.78 is 5.86. The number of hydrogen-bond donors (Lipinski definition) is 2. The van der Waals surface area contributed by atoms with E-state index < -0.39 is 6.10 Å². The van der Waals surface area contributed by atoms with Crippen molar-refractivity contribution in [3.05, 3.63) is 59.9 Å². The van der Waals surface area contributed by atoms with Crippen molar-refractivity contribution in [2.24, 2.45) is 0 Å². The van der Waals surface area contributed by atoms with Crippen LogP contribution in [0.2, 0.25) is 0 Å². The van der Waals surface area contributed by atoms with Crippen LogP contribution >= 0.6 is 0 Å². The minimum Gasteiger partial charge on any atom is -0.392 e. The maximum Gasteiger partial charge on any atom is 0.253 e. The zero-order chi connectivity index (χ0) is 15.4. The maximum atomic E-state index is 12.3. The molecule has 0 bridgehead atoms. The number of ether oxygens (including phenoxy) is 1. The van der Waals surface area contributed by atoms with Gasteiger partial charge in [-0.05, 0) is 24.5 Å². The summed E-state index contributed by atoms with van der Waals surface area (Å²) in [6, 6.07) is 11.6. The van der Waals surface area contributed by atoms with E-state index in [-0.39, 0.29) is 18.6 Å². The quantitative estimate of drug-likeness (QED) is 0.909. The Morgan fingerprint density at radius 1 is 1.27 bits per heavy atom. The zero-order valence-corrected chi connectivity index (χ0v) is 12.1. The Balaban J connectivity index is 1.64. The third kappa shape index (κ3) is 3.16. The third-order valence-electron chi connectivity index (χ3n) is 3.82. The first kappa shape index (κ1) is 14.7. The van der Waals surface area contributed by atoms with Gasteiger partial charge < -0.3 is 15.2 Å². The molecule has 0 saturated carbocycles. The Kier molecular flexibility index (Phi) is 4.46. The molecule has 2 heterocycles. The summed E-state index contributed by atoms with van der Waals surface area (Å²) in [5.41, 5.74) is 2.26. The van der Waals surface area contributed by atoms with E-state index in [1.807, 2.05) is 30.3 Å². The highest BCUT2D eigenvalue weighted by molar-refractivity contribution is 5.94. The van der Waals surface area contributed by atoms with E-state index in [4.69, 9.17) is 4.74 Å². The van der Waals surface area contributed by atoms with Crippen LogP contribution in [-0.2, 0) is 16.1 Å². The van der Waals surface area contributed by atoms with E-state index in [1.54, 1.807) is 12.3 Å². The molecule has 2 atom stereocenters. The first-order chi connectivity index (χ1) is 10.8. The van der Waals surface area contributed by atoms with Crippen LogP contribution in [0.5, 0.6) is 0 Å². The number of aliphatic hydroxyl groups excluding tert-OH is 1. The van der Waals surface area contributed by atoms with Gasteiger partial charge in [-0.25, -0.2) is 0 Å². The normalized spacial score (nSPS) is 20.8. The molecule has 1 amide bonds. The standard InChI is InChI=1S/C17H18N2O3/c20-11-13-8-9-18-10-14(13)19-17(21)16-7-6-15(22-16)12-4-2-1-3-5-12/h1-5,8-10,15-16,20H,6-7,11H2,(H,19,21)/t15-,16+/m0/s1. The second-order valence-corrected chi connectivity index (χ2v) is 5.28. The topological polar surface area (TPSA) is 71.5 Å². The average molecular weight is 298 g/mol. The molecule has 2 aromatic rings. The second-order valence-electron chi connectivity index (χ2n) is 5.28. The number of nitrogens with zero attached hydrogens (tertiary/aromatic N) is 1. The van der Waals surface area contributed by atoms with Gasteiger partial charge in [-0.15, -0.1) is 0 Å². The molecule has 22 heavy (non-hydrogen) atoms. The average Bonchev–Trinajstić information content (AvgIpc) is 3.06. The van der Waals surface area contributed by atoms with Crippen LogP contribution in [0.25, 0.3) is 0 Å². The Morgan fingerprint density at radius 3 is 2.86 bits per heavy atom. The summed E-state index contributed by atoms with van der Waals surface area (Å²) in [5, 5.41) is 12.1. The molecule has 2 N–H and O–H groups in total. The van der Waals surface area contributed by atoms with Gasteiger partial charge in [0, 0.05) is 11.8 Å². The van der Waals surface area contributed by atoms with Gasteiger partial charge in [-0.2, -0.15) is 0 Å². The number of anilines is 1. The number of rotatable bonds is 4. The van der Waals surface area contributed by atoms with Crippen molar-refractivity contribution in [1.29, 1.82) is 0 Å². The van der Waals surface area contributed by atoms with Crippen molar-refractivity contribution in [3.63, 3.8) is 0 Å². The van der Waals surface area contributed by atoms with E-state index in [0.29, 0.717) is 17.7 Å². The van der Waals surface area contributed by atoms with E-state index >= 15 is 0 Å². The van der Waals surface area contributed by atoms with E-state index in [1.165, 1.54) is 6.20 Å². The number of carbonyl (C=O) groups excluding carboxylic acids is 1. The number of benzene rings is 1. The molecule has 1 saturated heterocycles. The molecule has 5 nitrogen and oxygen atoms in total. The number of aromatic nitrogens is 1. The molecule has 0 radical (unpaired) electrons. The van der Waals surface area contributed by atoms with Crippen LogP contribution < -0.4 is 5.32 Å². The highest BCUT2D eigenvalue weighted by Crippen LogP contribution is 2.33. The minimum absolute atomic E-state index is 0.0387. The molecule has 1 aliphatic heterocycles. The molecule has 0 unspecified atom stereocenters. The molecule has 5 heteroatoms. The first-order valence-electron chi connectivity index (χ1n) is 7.33. The van der Waals surface area contributed by atoms with Gasteiger partial charge in [-0.3, -0.25) is 9.78 Å². The number of pyridine rings is 1. The van der Waals surface area contributed by atoms with E-state index in [2.05, 4.69) is 10.3 Å². The highest BCUT2D eigenvalue weighted by Gasteiger charge is 2.31. The van der Waals surface area contributed by atoms with Crippen molar-refractivity contribution in [3.8, 4) is 0 Å². The van der Waals surface area contributed by atoms with Gasteiger partial charge in [-0.1, -0.05) is 30.3 Å². The molecule has 0 spiro atoms. The maximum absolute atomic E-state index is 12.3. The lowest BCUT2D eigenvalue weighted by Gasteiger charge is -2.15. The Bertz CT molecular complexity index is 645. The number of hydrogen-bond acceptors (Lipinski definition) is 4. The van der Waals surface area contributed by atoms with E-state index in [9.17, 15) is 9.90 Å². The van der Waals surface area contributed by atoms with Crippen LogP contribution in [0.3, 0.4) is 0 Å². The van der Waals surface area contributed by atoms with Crippen LogP contribution in [0, 0.1) is 0 Å². The third-order valence-corrected chi connectivity index (χ3v) is 3.82. The molecule has 0 aliphatic carbocycles. The lowest BCUT2D eigenvalue weighted by Crippen LogP contribution is -2.27. The van der Waals surface area contributed by atoms with Crippen molar-refractivity contribution >= 4 is 11.6 Å². The fraction of sp³-hybridized carbons (Fsp3) is 0.294. The van der Waals surface area contributed by atoms with Crippen LogP contribution in [-0.4, -0.2) is 22.1 Å². The molecule has 1 aromatic heterocycles. The number of aliphatic hydroxyl groups is 1. The Labute approximate surface area is 129 Å². The second kappa shape index (κ2) is 6.68. The molecule has 1 aromatic carbocycles. The fourth-order valence-electron chi connectivity index (χ4n) is 2.63. The molecular weight excluding hydrogens is 280 g/mol. The van der Waals surface area contributed by atoms with Gasteiger partial charge in [0.15, 0.2) is 0 Å². The zero-order valence-electron chi connectivity index (χ0n) is 12.1. The summed E-state index contributed by atoms with van der Waals surface area (Å²) in [4.78, 5) is 16.3. The molecular formula is C17H18N2O3. The van der Waals surface area contributed by atoms with Gasteiger partial charge in [0.25, 0.3) is 5.91 Å². The summed E-state index contributed by atoms with van der Waals surface area (Å²) in [5.74, 6) is -0.193. The largest absolute Gasteiger partial charge is 0.392 e. The number of nitrogens with one attached hydrogen (secondary N) is 1. The molecule has 1 aliphatic rings. The van der Waals surface area contributed by atoms with Gasteiger partial charge in [0.1, 0.15) is 6.10 Å². The Hall–Kier alpha value is -2.24. The lowest BCUT2D eigenvalue weighted by molar-refractivity contribution is -0.126. The Morgan fingerprint density at radius 2 is 2.09 bits per heavy atom. The smallest absolute Gasteiger partial charge is 0.253 e. The SMILES string of the molecule is O=C(Nc1cnccc1CO)[C@H]1CC[C@@H](c2ccccc2)O1. The van der Waals surface area contributed by atoms with Crippen molar-refractivity contribution in [2.75, 3.05) is 5.32 Å².